The van der Waals surface area contributed by atoms with Crippen LogP contribution in [0.1, 0.15) is 6.92 Å². The van der Waals surface area contributed by atoms with Gasteiger partial charge in [-0.1, -0.05) is 23.2 Å². The minimum Gasteiger partial charge on any atom is -0.460 e. The molecular weight excluding hydrogens is 311 g/mol. The van der Waals surface area contributed by atoms with E-state index < -0.39 is 22.4 Å². The summed E-state index contributed by atoms with van der Waals surface area (Å²) in [5, 5.41) is 14.4. The molecule has 0 saturated carbocycles. The fourth-order valence-corrected chi connectivity index (χ4v) is 1.71. The van der Waals surface area contributed by atoms with Crippen LogP contribution in [0.2, 0.25) is 10.0 Å². The molecule has 0 amide bonds. The zero-order valence-electron chi connectivity index (χ0n) is 10.2. The van der Waals surface area contributed by atoms with Crippen molar-refractivity contribution in [2.24, 2.45) is 10.8 Å². The van der Waals surface area contributed by atoms with Crippen LogP contribution in [-0.2, 0) is 9.53 Å². The van der Waals surface area contributed by atoms with Crippen LogP contribution in [0, 0.1) is 10.1 Å². The Hall–Kier alpha value is -2.06. The van der Waals surface area contributed by atoms with Crippen molar-refractivity contribution in [2.45, 2.75) is 6.92 Å². The topological polar surface area (TPSA) is 120 Å². The van der Waals surface area contributed by atoms with Gasteiger partial charge < -0.3 is 10.5 Å². The number of hydrogen-bond acceptors (Lipinski definition) is 6. The number of nitro benzene ring substituents is 1. The van der Waals surface area contributed by atoms with Crippen molar-refractivity contribution in [3.8, 4) is 0 Å². The largest absolute Gasteiger partial charge is 0.460 e. The number of amidine groups is 1. The smallest absolute Gasteiger partial charge is 0.375 e. The van der Waals surface area contributed by atoms with Crippen LogP contribution in [-0.4, -0.2) is 23.3 Å². The second-order valence-electron chi connectivity index (χ2n) is 3.37. The number of hydrazone groups is 1. The van der Waals surface area contributed by atoms with Gasteiger partial charge in [0.1, 0.15) is 0 Å². The number of carbonyl (C=O) groups is 1. The highest BCUT2D eigenvalue weighted by atomic mass is 35.5. The number of nitrogens with zero attached hydrogens (tertiary/aromatic N) is 2. The summed E-state index contributed by atoms with van der Waals surface area (Å²) in [5.41, 5.74) is 7.06. The highest BCUT2D eigenvalue weighted by Gasteiger charge is 2.19. The lowest BCUT2D eigenvalue weighted by Crippen LogP contribution is -2.27. The maximum Gasteiger partial charge on any atom is 0.375 e. The van der Waals surface area contributed by atoms with Gasteiger partial charge in [0.05, 0.1) is 16.6 Å². The van der Waals surface area contributed by atoms with Gasteiger partial charge in [0.25, 0.3) is 5.69 Å². The van der Waals surface area contributed by atoms with Gasteiger partial charge in [-0.3, -0.25) is 15.5 Å². The first kappa shape index (κ1) is 16.0. The SMILES string of the molecule is CCOC(=O)/C(N)=N\Nc1c(Cl)cc(Cl)cc1[N+](=O)[O-]. The Labute approximate surface area is 123 Å². The number of rotatable bonds is 4. The van der Waals surface area contributed by atoms with E-state index in [1.54, 1.807) is 6.92 Å². The van der Waals surface area contributed by atoms with Gasteiger partial charge in [-0.05, 0) is 13.0 Å². The minimum atomic E-state index is -0.854. The predicted molar refractivity (Wildman–Crippen MR) is 75.0 cm³/mol. The second kappa shape index (κ2) is 6.92. The third-order valence-corrected chi connectivity index (χ3v) is 2.52. The Kier molecular flexibility index (Phi) is 5.53. The summed E-state index contributed by atoms with van der Waals surface area (Å²) >= 11 is 11.5. The van der Waals surface area contributed by atoms with Gasteiger partial charge >= 0.3 is 5.97 Å². The maximum absolute atomic E-state index is 11.2. The summed E-state index contributed by atoms with van der Waals surface area (Å²) in [7, 11) is 0. The second-order valence-corrected chi connectivity index (χ2v) is 4.21. The van der Waals surface area contributed by atoms with E-state index in [-0.39, 0.29) is 22.3 Å². The molecule has 0 aliphatic rings. The Morgan fingerprint density at radius 3 is 2.75 bits per heavy atom. The summed E-state index contributed by atoms with van der Waals surface area (Å²) in [6.45, 7) is 1.72. The van der Waals surface area contributed by atoms with Crippen molar-refractivity contribution in [2.75, 3.05) is 12.0 Å². The van der Waals surface area contributed by atoms with Crippen LogP contribution in [0.4, 0.5) is 11.4 Å². The van der Waals surface area contributed by atoms with Crippen LogP contribution in [0.5, 0.6) is 0 Å². The molecule has 20 heavy (non-hydrogen) atoms. The summed E-state index contributed by atoms with van der Waals surface area (Å²) in [5.74, 6) is -1.35. The quantitative estimate of drug-likeness (QED) is 0.288. The van der Waals surface area contributed by atoms with Gasteiger partial charge in [-0.25, -0.2) is 4.79 Å². The van der Waals surface area contributed by atoms with Gasteiger partial charge in [0.15, 0.2) is 5.69 Å². The van der Waals surface area contributed by atoms with E-state index in [4.69, 9.17) is 28.9 Å². The zero-order chi connectivity index (χ0) is 15.3. The molecule has 0 saturated heterocycles. The summed E-state index contributed by atoms with van der Waals surface area (Å²) in [6, 6.07) is 2.38. The average molecular weight is 321 g/mol. The van der Waals surface area contributed by atoms with E-state index in [0.29, 0.717) is 0 Å². The van der Waals surface area contributed by atoms with E-state index in [0.717, 1.165) is 6.07 Å². The Morgan fingerprint density at radius 1 is 1.55 bits per heavy atom. The number of anilines is 1. The first-order valence-corrected chi connectivity index (χ1v) is 6.02. The lowest BCUT2D eigenvalue weighted by molar-refractivity contribution is -0.383. The molecule has 0 aliphatic heterocycles. The Morgan fingerprint density at radius 2 is 2.20 bits per heavy atom. The highest BCUT2D eigenvalue weighted by Crippen LogP contribution is 2.35. The Balaban J connectivity index is 3.06. The molecule has 0 radical (unpaired) electrons. The first-order valence-electron chi connectivity index (χ1n) is 5.26. The number of benzene rings is 1. The van der Waals surface area contributed by atoms with Crippen LogP contribution in [0.15, 0.2) is 17.2 Å². The molecule has 0 heterocycles. The van der Waals surface area contributed by atoms with Crippen molar-refractivity contribution in [1.29, 1.82) is 0 Å². The van der Waals surface area contributed by atoms with Crippen molar-refractivity contribution >= 4 is 46.4 Å². The van der Waals surface area contributed by atoms with Crippen LogP contribution in [0.25, 0.3) is 0 Å². The molecule has 1 rings (SSSR count). The number of nitro groups is 1. The summed E-state index contributed by atoms with van der Waals surface area (Å²) < 4.78 is 4.60. The highest BCUT2D eigenvalue weighted by molar-refractivity contribution is 6.37. The van der Waals surface area contributed by atoms with Crippen molar-refractivity contribution < 1.29 is 14.5 Å². The fourth-order valence-electron chi connectivity index (χ4n) is 1.18. The van der Waals surface area contributed by atoms with E-state index >= 15 is 0 Å². The average Bonchev–Trinajstić information content (AvgIpc) is 2.36. The van der Waals surface area contributed by atoms with E-state index in [1.165, 1.54) is 6.07 Å². The molecule has 0 bridgehead atoms. The molecule has 0 aliphatic carbocycles. The van der Waals surface area contributed by atoms with Crippen LogP contribution in [0.3, 0.4) is 0 Å². The minimum absolute atomic E-state index is 0.0374. The number of ether oxygens (including phenoxy) is 1. The van der Waals surface area contributed by atoms with Gasteiger partial charge in [-0.15, -0.1) is 5.10 Å². The number of nitrogens with two attached hydrogens (primary N) is 1. The fraction of sp³-hybridized carbons (Fsp3) is 0.200. The van der Waals surface area contributed by atoms with E-state index in [2.05, 4.69) is 15.3 Å². The lowest BCUT2D eigenvalue weighted by Gasteiger charge is -2.06. The molecule has 108 valence electrons. The molecule has 3 N–H and O–H groups in total. The van der Waals surface area contributed by atoms with Gasteiger partial charge in [-0.2, -0.15) is 0 Å². The molecule has 0 unspecified atom stereocenters. The summed E-state index contributed by atoms with van der Waals surface area (Å²) in [6.07, 6.45) is 0. The molecule has 0 aromatic heterocycles. The van der Waals surface area contributed by atoms with Crippen LogP contribution < -0.4 is 11.2 Å². The third-order valence-electron chi connectivity index (χ3n) is 2.00. The molecule has 0 spiro atoms. The van der Waals surface area contributed by atoms with E-state index in [1.807, 2.05) is 0 Å². The number of hydrogen-bond donors (Lipinski definition) is 2. The molecule has 8 nitrogen and oxygen atoms in total. The first-order chi connectivity index (χ1) is 9.36. The normalized spacial score (nSPS) is 11.1. The number of nitrogens with one attached hydrogen (secondary N) is 1. The van der Waals surface area contributed by atoms with Gasteiger partial charge in [0, 0.05) is 11.1 Å². The summed E-state index contributed by atoms with van der Waals surface area (Å²) in [4.78, 5) is 21.4. The molecule has 1 aromatic rings. The Bertz CT molecular complexity index is 577. The number of esters is 1. The van der Waals surface area contributed by atoms with Gasteiger partial charge in [0.2, 0.25) is 5.84 Å². The van der Waals surface area contributed by atoms with Crippen LogP contribution >= 0.6 is 23.2 Å². The molecule has 10 heteroatoms. The monoisotopic (exact) mass is 320 g/mol. The number of carbonyl (C=O) groups excluding carboxylic acids is 1. The van der Waals surface area contributed by atoms with Crippen molar-refractivity contribution in [3.05, 3.63) is 32.3 Å². The lowest BCUT2D eigenvalue weighted by atomic mass is 10.3. The molecule has 0 atom stereocenters. The third kappa shape index (κ3) is 3.97. The van der Waals surface area contributed by atoms with Crippen molar-refractivity contribution in [1.82, 2.24) is 0 Å². The molecular formula is C10H10Cl2N4O4. The zero-order valence-corrected chi connectivity index (χ0v) is 11.7. The predicted octanol–water partition coefficient (Wildman–Crippen LogP) is 2.15. The molecule has 0 fully saturated rings. The van der Waals surface area contributed by atoms with Crippen molar-refractivity contribution in [3.63, 3.8) is 0 Å². The maximum atomic E-state index is 11.2. The van der Waals surface area contributed by atoms with E-state index in [9.17, 15) is 14.9 Å². The molecule has 1 aromatic carbocycles. The number of halogens is 2. The standard InChI is InChI=1S/C10H10Cl2N4O4/c1-2-20-10(17)9(13)15-14-8-6(12)3-5(11)4-7(8)16(18)19/h3-4,14H,2H2,1H3,(H2,13,15).